The van der Waals surface area contributed by atoms with Crippen molar-refractivity contribution in [3.8, 4) is 11.3 Å². The van der Waals surface area contributed by atoms with Gasteiger partial charge in [-0.2, -0.15) is 0 Å². The Morgan fingerprint density at radius 3 is 2.60 bits per heavy atom. The van der Waals surface area contributed by atoms with Crippen molar-refractivity contribution >= 4 is 34.8 Å². The Hall–Kier alpha value is -2.37. The first kappa shape index (κ1) is 16.1. The van der Waals surface area contributed by atoms with Crippen molar-refractivity contribution in [1.82, 2.24) is 9.97 Å². The first-order chi connectivity index (χ1) is 12.1. The van der Waals surface area contributed by atoms with Crippen LogP contribution in [0.4, 0.5) is 5.69 Å². The number of aromatic nitrogens is 2. The minimum absolute atomic E-state index is 0.0857. The van der Waals surface area contributed by atoms with Crippen molar-refractivity contribution in [3.63, 3.8) is 0 Å². The molecule has 126 valence electrons. The standard InChI is InChI=1S/C18H13Cl2N3O2/c19-13-7-8-15(20)23-16(13)17(24)22-12-5-3-10(4-6-12)14-9-21-18(25-14)11-1-2-11/h3-9,11H,1-2H2,(H,22,24). The van der Waals surface area contributed by atoms with Gasteiger partial charge in [-0.15, -0.1) is 0 Å². The Morgan fingerprint density at radius 2 is 1.88 bits per heavy atom. The zero-order valence-electron chi connectivity index (χ0n) is 13.0. The van der Waals surface area contributed by atoms with Crippen LogP contribution in [0.2, 0.25) is 10.2 Å². The molecule has 2 aromatic heterocycles. The first-order valence-corrected chi connectivity index (χ1v) is 8.55. The highest BCUT2D eigenvalue weighted by molar-refractivity contribution is 6.35. The van der Waals surface area contributed by atoms with E-state index in [2.05, 4.69) is 15.3 Å². The van der Waals surface area contributed by atoms with Gasteiger partial charge in [0.15, 0.2) is 11.7 Å². The van der Waals surface area contributed by atoms with E-state index < -0.39 is 5.91 Å². The summed E-state index contributed by atoms with van der Waals surface area (Å²) in [6, 6.07) is 10.4. The lowest BCUT2D eigenvalue weighted by Gasteiger charge is -2.07. The molecular weight excluding hydrogens is 361 g/mol. The molecule has 3 aromatic rings. The van der Waals surface area contributed by atoms with Crippen LogP contribution in [-0.2, 0) is 0 Å². The summed E-state index contributed by atoms with van der Waals surface area (Å²) in [4.78, 5) is 20.6. The van der Waals surface area contributed by atoms with E-state index in [4.69, 9.17) is 27.6 Å². The summed E-state index contributed by atoms with van der Waals surface area (Å²) in [7, 11) is 0. The zero-order chi connectivity index (χ0) is 17.4. The number of amides is 1. The molecule has 0 bridgehead atoms. The number of pyridine rings is 1. The van der Waals surface area contributed by atoms with Gasteiger partial charge in [-0.3, -0.25) is 4.79 Å². The molecule has 1 aromatic carbocycles. The molecule has 1 amide bonds. The fourth-order valence-electron chi connectivity index (χ4n) is 2.43. The number of hydrogen-bond donors (Lipinski definition) is 1. The second-order valence-corrected chi connectivity index (χ2v) is 6.63. The summed E-state index contributed by atoms with van der Waals surface area (Å²) in [5.41, 5.74) is 1.60. The number of nitrogens with zero attached hydrogens (tertiary/aromatic N) is 2. The van der Waals surface area contributed by atoms with Crippen molar-refractivity contribution in [2.24, 2.45) is 0 Å². The molecule has 25 heavy (non-hydrogen) atoms. The molecule has 0 saturated heterocycles. The third-order valence-electron chi connectivity index (χ3n) is 3.90. The van der Waals surface area contributed by atoms with E-state index in [1.165, 1.54) is 12.1 Å². The van der Waals surface area contributed by atoms with Gasteiger partial charge in [0.2, 0.25) is 0 Å². The van der Waals surface area contributed by atoms with Crippen LogP contribution in [0.3, 0.4) is 0 Å². The molecule has 2 heterocycles. The van der Waals surface area contributed by atoms with Crippen LogP contribution in [0.5, 0.6) is 0 Å². The van der Waals surface area contributed by atoms with Crippen LogP contribution in [0.25, 0.3) is 11.3 Å². The summed E-state index contributed by atoms with van der Waals surface area (Å²) in [5, 5.41) is 3.20. The fraction of sp³-hybridized carbons (Fsp3) is 0.167. The summed E-state index contributed by atoms with van der Waals surface area (Å²) in [6.45, 7) is 0. The zero-order valence-corrected chi connectivity index (χ0v) is 14.5. The van der Waals surface area contributed by atoms with Crippen LogP contribution < -0.4 is 5.32 Å². The van der Waals surface area contributed by atoms with Gasteiger partial charge in [0.1, 0.15) is 10.8 Å². The SMILES string of the molecule is O=C(Nc1ccc(-c2cnc(C3CC3)o2)cc1)c1nc(Cl)ccc1Cl. The molecule has 0 aliphatic heterocycles. The lowest BCUT2D eigenvalue weighted by atomic mass is 10.1. The Kier molecular flexibility index (Phi) is 4.19. The van der Waals surface area contributed by atoms with Crippen LogP contribution in [-0.4, -0.2) is 15.9 Å². The number of anilines is 1. The van der Waals surface area contributed by atoms with E-state index in [0.29, 0.717) is 11.6 Å². The van der Waals surface area contributed by atoms with E-state index in [1.807, 2.05) is 12.1 Å². The van der Waals surface area contributed by atoms with Crippen LogP contribution in [0.15, 0.2) is 47.0 Å². The molecule has 0 spiro atoms. The summed E-state index contributed by atoms with van der Waals surface area (Å²) < 4.78 is 5.77. The molecule has 1 fully saturated rings. The number of carbonyl (C=O) groups is 1. The number of oxazole rings is 1. The smallest absolute Gasteiger partial charge is 0.275 e. The minimum Gasteiger partial charge on any atom is -0.440 e. The number of halogens is 2. The van der Waals surface area contributed by atoms with Gasteiger partial charge in [0.05, 0.1) is 11.2 Å². The van der Waals surface area contributed by atoms with Crippen molar-refractivity contribution in [1.29, 1.82) is 0 Å². The predicted molar refractivity (Wildman–Crippen MR) is 96.1 cm³/mol. The van der Waals surface area contributed by atoms with Gasteiger partial charge in [-0.25, -0.2) is 9.97 Å². The molecular formula is C18H13Cl2N3O2. The van der Waals surface area contributed by atoms with Gasteiger partial charge in [0, 0.05) is 17.2 Å². The maximum absolute atomic E-state index is 12.3. The number of benzene rings is 1. The molecule has 0 radical (unpaired) electrons. The monoisotopic (exact) mass is 373 g/mol. The average molecular weight is 374 g/mol. The molecule has 7 heteroatoms. The number of hydrogen-bond acceptors (Lipinski definition) is 4. The van der Waals surface area contributed by atoms with Crippen LogP contribution in [0.1, 0.15) is 35.1 Å². The topological polar surface area (TPSA) is 68.0 Å². The Balaban J connectivity index is 1.49. The highest BCUT2D eigenvalue weighted by Gasteiger charge is 2.28. The maximum Gasteiger partial charge on any atom is 0.275 e. The van der Waals surface area contributed by atoms with E-state index in [9.17, 15) is 4.79 Å². The van der Waals surface area contributed by atoms with Crippen molar-refractivity contribution in [3.05, 3.63) is 64.4 Å². The van der Waals surface area contributed by atoms with Gasteiger partial charge in [-0.05, 0) is 49.2 Å². The second kappa shape index (κ2) is 6.50. The highest BCUT2D eigenvalue weighted by atomic mass is 35.5. The molecule has 1 saturated carbocycles. The van der Waals surface area contributed by atoms with Crippen LogP contribution >= 0.6 is 23.2 Å². The Morgan fingerprint density at radius 1 is 1.12 bits per heavy atom. The van der Waals surface area contributed by atoms with E-state index in [-0.39, 0.29) is 15.9 Å². The van der Waals surface area contributed by atoms with Gasteiger partial charge in [-0.1, -0.05) is 23.2 Å². The third-order valence-corrected chi connectivity index (χ3v) is 4.42. The lowest BCUT2D eigenvalue weighted by molar-refractivity contribution is 0.102. The molecule has 5 nitrogen and oxygen atoms in total. The lowest BCUT2D eigenvalue weighted by Crippen LogP contribution is -2.14. The molecule has 0 unspecified atom stereocenters. The number of carbonyl (C=O) groups excluding carboxylic acids is 1. The quantitative estimate of drug-likeness (QED) is 0.640. The van der Waals surface area contributed by atoms with Gasteiger partial charge < -0.3 is 9.73 Å². The molecule has 1 aliphatic carbocycles. The largest absolute Gasteiger partial charge is 0.440 e. The second-order valence-electron chi connectivity index (χ2n) is 5.83. The molecule has 1 N–H and O–H groups in total. The highest BCUT2D eigenvalue weighted by Crippen LogP contribution is 2.40. The number of rotatable bonds is 4. The van der Waals surface area contributed by atoms with Gasteiger partial charge in [0.25, 0.3) is 5.91 Å². The molecule has 1 aliphatic rings. The Bertz CT molecular complexity index is 934. The first-order valence-electron chi connectivity index (χ1n) is 7.80. The average Bonchev–Trinajstić information content (AvgIpc) is 3.35. The predicted octanol–water partition coefficient (Wildman–Crippen LogP) is 5.17. The fourth-order valence-corrected chi connectivity index (χ4v) is 2.76. The summed E-state index contributed by atoms with van der Waals surface area (Å²) in [5.74, 6) is 1.58. The Labute approximate surface area is 154 Å². The van der Waals surface area contributed by atoms with E-state index in [1.54, 1.807) is 18.3 Å². The summed E-state index contributed by atoms with van der Waals surface area (Å²) >= 11 is 11.8. The molecule has 4 rings (SSSR count). The third kappa shape index (κ3) is 3.52. The van der Waals surface area contributed by atoms with Gasteiger partial charge >= 0.3 is 0 Å². The normalized spacial score (nSPS) is 13.7. The number of nitrogens with one attached hydrogen (secondary N) is 1. The minimum atomic E-state index is -0.420. The molecule has 0 atom stereocenters. The summed E-state index contributed by atoms with van der Waals surface area (Å²) in [6.07, 6.45) is 4.02. The van der Waals surface area contributed by atoms with Crippen molar-refractivity contribution < 1.29 is 9.21 Å². The van der Waals surface area contributed by atoms with Crippen LogP contribution in [0, 0.1) is 0 Å². The van der Waals surface area contributed by atoms with Crippen molar-refractivity contribution in [2.45, 2.75) is 18.8 Å². The maximum atomic E-state index is 12.3. The van der Waals surface area contributed by atoms with Crippen molar-refractivity contribution in [2.75, 3.05) is 5.32 Å². The van der Waals surface area contributed by atoms with E-state index >= 15 is 0 Å². The van der Waals surface area contributed by atoms with E-state index in [0.717, 1.165) is 30.1 Å².